The van der Waals surface area contributed by atoms with Crippen molar-refractivity contribution >= 4 is 0 Å². The minimum absolute atomic E-state index is 0.470. The first kappa shape index (κ1) is 12.8. The van der Waals surface area contributed by atoms with Gasteiger partial charge in [0.1, 0.15) is 0 Å². The molecule has 0 radical (unpaired) electrons. The van der Waals surface area contributed by atoms with E-state index in [0.29, 0.717) is 12.5 Å². The normalized spacial score (nSPS) is 11.1. The molecule has 1 aromatic heterocycles. The van der Waals surface area contributed by atoms with Gasteiger partial charge in [-0.2, -0.15) is 0 Å². The molecule has 0 spiro atoms. The Morgan fingerprint density at radius 3 is 2.78 bits per heavy atom. The lowest BCUT2D eigenvalue weighted by Gasteiger charge is -2.11. The summed E-state index contributed by atoms with van der Waals surface area (Å²) in [6.45, 7) is 5.06. The van der Waals surface area contributed by atoms with Crippen molar-refractivity contribution in [2.75, 3.05) is 6.54 Å². The molecule has 0 fully saturated rings. The molecule has 96 valence electrons. The van der Waals surface area contributed by atoms with E-state index in [2.05, 4.69) is 42.4 Å². The standard InChI is InChI=1S/C14H20N4/c1-11(2)13-7-3-4-8-14(13)18-10-12(16-17-18)6-5-9-15/h3-4,7-8,10-11H,5-6,9,15H2,1-2H3. The van der Waals surface area contributed by atoms with Crippen molar-refractivity contribution < 1.29 is 0 Å². The van der Waals surface area contributed by atoms with Crippen LogP contribution in [-0.2, 0) is 6.42 Å². The van der Waals surface area contributed by atoms with E-state index >= 15 is 0 Å². The third-order valence-electron chi connectivity index (χ3n) is 2.98. The van der Waals surface area contributed by atoms with Crippen LogP contribution in [0, 0.1) is 0 Å². The summed E-state index contributed by atoms with van der Waals surface area (Å²) in [4.78, 5) is 0. The van der Waals surface area contributed by atoms with E-state index in [4.69, 9.17) is 5.73 Å². The summed E-state index contributed by atoms with van der Waals surface area (Å²) in [7, 11) is 0. The molecular formula is C14H20N4. The van der Waals surface area contributed by atoms with Crippen LogP contribution in [0.25, 0.3) is 5.69 Å². The SMILES string of the molecule is CC(C)c1ccccc1-n1cc(CCCN)nn1. The highest BCUT2D eigenvalue weighted by Gasteiger charge is 2.09. The van der Waals surface area contributed by atoms with Gasteiger partial charge in [0.2, 0.25) is 0 Å². The van der Waals surface area contributed by atoms with Gasteiger partial charge in [0.05, 0.1) is 17.6 Å². The van der Waals surface area contributed by atoms with Crippen molar-refractivity contribution in [1.29, 1.82) is 0 Å². The minimum Gasteiger partial charge on any atom is -0.330 e. The summed E-state index contributed by atoms with van der Waals surface area (Å²) >= 11 is 0. The minimum atomic E-state index is 0.470. The molecule has 0 unspecified atom stereocenters. The van der Waals surface area contributed by atoms with Gasteiger partial charge in [0.15, 0.2) is 0 Å². The van der Waals surface area contributed by atoms with Crippen LogP contribution in [0.2, 0.25) is 0 Å². The van der Waals surface area contributed by atoms with Gasteiger partial charge in [-0.1, -0.05) is 37.3 Å². The molecule has 4 heteroatoms. The second kappa shape index (κ2) is 5.78. The van der Waals surface area contributed by atoms with E-state index in [1.54, 1.807) is 0 Å². The Hall–Kier alpha value is -1.68. The molecule has 1 aromatic carbocycles. The molecule has 2 N–H and O–H groups in total. The van der Waals surface area contributed by atoms with Crippen LogP contribution in [0.4, 0.5) is 0 Å². The molecule has 0 aliphatic heterocycles. The summed E-state index contributed by atoms with van der Waals surface area (Å²) in [5.41, 5.74) is 8.90. The number of para-hydroxylation sites is 1. The molecule has 2 aromatic rings. The highest BCUT2D eigenvalue weighted by atomic mass is 15.4. The maximum atomic E-state index is 5.50. The molecule has 0 saturated carbocycles. The van der Waals surface area contributed by atoms with Crippen LogP contribution >= 0.6 is 0 Å². The van der Waals surface area contributed by atoms with Gasteiger partial charge in [-0.15, -0.1) is 5.10 Å². The van der Waals surface area contributed by atoms with E-state index in [9.17, 15) is 0 Å². The maximum Gasteiger partial charge on any atom is 0.0832 e. The summed E-state index contributed by atoms with van der Waals surface area (Å²) in [5, 5.41) is 8.40. The summed E-state index contributed by atoms with van der Waals surface area (Å²) in [6.07, 6.45) is 3.84. The van der Waals surface area contributed by atoms with Gasteiger partial charge in [-0.05, 0) is 36.9 Å². The van der Waals surface area contributed by atoms with Gasteiger partial charge < -0.3 is 5.73 Å². The Morgan fingerprint density at radius 2 is 2.06 bits per heavy atom. The van der Waals surface area contributed by atoms with Crippen molar-refractivity contribution in [2.45, 2.75) is 32.6 Å². The first-order chi connectivity index (χ1) is 8.72. The van der Waals surface area contributed by atoms with Crippen LogP contribution in [0.3, 0.4) is 0 Å². The molecule has 0 amide bonds. The number of hydrogen-bond acceptors (Lipinski definition) is 3. The van der Waals surface area contributed by atoms with Gasteiger partial charge in [-0.25, -0.2) is 4.68 Å². The highest BCUT2D eigenvalue weighted by Crippen LogP contribution is 2.22. The van der Waals surface area contributed by atoms with Crippen LogP contribution in [0.1, 0.15) is 37.4 Å². The van der Waals surface area contributed by atoms with Crippen LogP contribution < -0.4 is 5.73 Å². The fraction of sp³-hybridized carbons (Fsp3) is 0.429. The van der Waals surface area contributed by atoms with Crippen LogP contribution in [0.15, 0.2) is 30.5 Å². The Kier molecular flexibility index (Phi) is 4.10. The molecule has 4 nitrogen and oxygen atoms in total. The van der Waals surface area contributed by atoms with Gasteiger partial charge in [0, 0.05) is 0 Å². The lowest BCUT2D eigenvalue weighted by Crippen LogP contribution is -2.01. The molecule has 1 heterocycles. The third kappa shape index (κ3) is 2.76. The Labute approximate surface area is 108 Å². The van der Waals surface area contributed by atoms with Crippen molar-refractivity contribution in [2.24, 2.45) is 5.73 Å². The van der Waals surface area contributed by atoms with E-state index in [0.717, 1.165) is 24.2 Å². The lowest BCUT2D eigenvalue weighted by atomic mass is 10.0. The molecule has 0 aliphatic carbocycles. The van der Waals surface area contributed by atoms with Crippen molar-refractivity contribution in [3.63, 3.8) is 0 Å². The highest BCUT2D eigenvalue weighted by molar-refractivity contribution is 5.42. The summed E-state index contributed by atoms with van der Waals surface area (Å²) < 4.78 is 1.86. The number of aryl methyl sites for hydroxylation is 1. The third-order valence-corrected chi connectivity index (χ3v) is 2.98. The zero-order valence-corrected chi connectivity index (χ0v) is 11.0. The second-order valence-electron chi connectivity index (χ2n) is 4.76. The number of aromatic nitrogens is 3. The number of hydrogen-bond donors (Lipinski definition) is 1. The molecule has 2 rings (SSSR count). The number of rotatable bonds is 5. The zero-order valence-electron chi connectivity index (χ0n) is 11.0. The Balaban J connectivity index is 2.28. The zero-order chi connectivity index (χ0) is 13.0. The van der Waals surface area contributed by atoms with Crippen molar-refractivity contribution in [3.8, 4) is 5.69 Å². The van der Waals surface area contributed by atoms with E-state index < -0.39 is 0 Å². The van der Waals surface area contributed by atoms with E-state index in [-0.39, 0.29) is 0 Å². The van der Waals surface area contributed by atoms with Crippen LogP contribution in [0.5, 0.6) is 0 Å². The maximum absolute atomic E-state index is 5.50. The first-order valence-corrected chi connectivity index (χ1v) is 6.43. The Bertz CT molecular complexity index is 502. The van der Waals surface area contributed by atoms with E-state index in [1.807, 2.05) is 16.9 Å². The summed E-state index contributed by atoms with van der Waals surface area (Å²) in [6, 6.07) is 8.31. The largest absolute Gasteiger partial charge is 0.330 e. The Morgan fingerprint density at radius 1 is 1.28 bits per heavy atom. The predicted octanol–water partition coefficient (Wildman–Crippen LogP) is 2.28. The predicted molar refractivity (Wildman–Crippen MR) is 72.8 cm³/mol. The number of benzene rings is 1. The number of nitrogens with zero attached hydrogens (tertiary/aromatic N) is 3. The molecule has 0 aliphatic rings. The molecule has 0 saturated heterocycles. The number of nitrogens with two attached hydrogens (primary N) is 1. The molecule has 0 atom stereocenters. The fourth-order valence-electron chi connectivity index (χ4n) is 2.00. The topological polar surface area (TPSA) is 56.7 Å². The molecular weight excluding hydrogens is 224 g/mol. The smallest absolute Gasteiger partial charge is 0.0832 e. The fourth-order valence-corrected chi connectivity index (χ4v) is 2.00. The van der Waals surface area contributed by atoms with Gasteiger partial charge in [0.25, 0.3) is 0 Å². The van der Waals surface area contributed by atoms with E-state index in [1.165, 1.54) is 5.56 Å². The van der Waals surface area contributed by atoms with Crippen molar-refractivity contribution in [3.05, 3.63) is 41.7 Å². The van der Waals surface area contributed by atoms with Gasteiger partial charge in [-0.3, -0.25) is 0 Å². The second-order valence-corrected chi connectivity index (χ2v) is 4.76. The average Bonchev–Trinajstić information content (AvgIpc) is 2.85. The first-order valence-electron chi connectivity index (χ1n) is 6.43. The summed E-state index contributed by atoms with van der Waals surface area (Å²) in [5.74, 6) is 0.470. The lowest BCUT2D eigenvalue weighted by molar-refractivity contribution is 0.761. The van der Waals surface area contributed by atoms with Crippen molar-refractivity contribution in [1.82, 2.24) is 15.0 Å². The average molecular weight is 244 g/mol. The van der Waals surface area contributed by atoms with Gasteiger partial charge >= 0.3 is 0 Å². The quantitative estimate of drug-likeness (QED) is 0.878. The molecule has 18 heavy (non-hydrogen) atoms. The monoisotopic (exact) mass is 244 g/mol. The molecule has 0 bridgehead atoms. The van der Waals surface area contributed by atoms with Crippen LogP contribution in [-0.4, -0.2) is 21.5 Å².